The van der Waals surface area contributed by atoms with E-state index in [2.05, 4.69) is 15.8 Å². The Kier molecular flexibility index (Phi) is 6.42. The number of hydrogen-bond donors (Lipinski definition) is 2. The molecule has 1 rings (SSSR count). The molecule has 0 aromatic rings. The van der Waals surface area contributed by atoms with Gasteiger partial charge in [0.1, 0.15) is 5.60 Å². The fraction of sp³-hybridized carbons (Fsp3) is 0.857. The largest absolute Gasteiger partial charge is 0.443 e. The molecule has 0 aliphatic carbocycles. The van der Waals surface area contributed by atoms with Gasteiger partial charge in [-0.05, 0) is 33.6 Å². The van der Waals surface area contributed by atoms with Crippen molar-refractivity contribution in [1.82, 2.24) is 20.7 Å². The van der Waals surface area contributed by atoms with Crippen LogP contribution in [0.15, 0.2) is 0 Å². The number of nitrogens with one attached hydrogen (secondary N) is 2. The first-order chi connectivity index (χ1) is 9.67. The summed E-state index contributed by atoms with van der Waals surface area (Å²) in [6, 6.07) is 0.211. The van der Waals surface area contributed by atoms with Crippen molar-refractivity contribution in [3.8, 4) is 0 Å². The van der Waals surface area contributed by atoms with Gasteiger partial charge in [0.15, 0.2) is 0 Å². The van der Waals surface area contributed by atoms with E-state index in [9.17, 15) is 9.59 Å². The van der Waals surface area contributed by atoms with Crippen LogP contribution in [-0.4, -0.2) is 67.2 Å². The number of likely N-dealkylation sites (tertiary alicyclic amines) is 1. The molecule has 122 valence electrons. The van der Waals surface area contributed by atoms with E-state index >= 15 is 0 Å². The molecule has 7 heteroatoms. The van der Waals surface area contributed by atoms with Crippen molar-refractivity contribution in [2.45, 2.75) is 45.3 Å². The molecule has 1 aliphatic rings. The van der Waals surface area contributed by atoms with Gasteiger partial charge in [-0.3, -0.25) is 15.1 Å². The predicted octanol–water partition coefficient (Wildman–Crippen LogP) is 0.568. The Morgan fingerprint density at radius 1 is 1.24 bits per heavy atom. The molecule has 0 radical (unpaired) electrons. The Bertz CT molecular complexity index is 358. The van der Waals surface area contributed by atoms with Crippen LogP contribution in [0.5, 0.6) is 0 Å². The van der Waals surface area contributed by atoms with Crippen LogP contribution < -0.4 is 10.9 Å². The minimum absolute atomic E-state index is 0.119. The lowest BCUT2D eigenvalue weighted by atomic mass is 10.1. The molecular formula is C14H28N4O3. The molecule has 1 fully saturated rings. The lowest BCUT2D eigenvalue weighted by Gasteiger charge is -2.32. The van der Waals surface area contributed by atoms with Crippen LogP contribution >= 0.6 is 0 Å². The van der Waals surface area contributed by atoms with Crippen molar-refractivity contribution in [3.63, 3.8) is 0 Å². The summed E-state index contributed by atoms with van der Waals surface area (Å²) in [5, 5.41) is 0. The van der Waals surface area contributed by atoms with Crippen molar-refractivity contribution < 1.29 is 14.3 Å². The molecule has 0 atom stereocenters. The zero-order valence-electron chi connectivity index (χ0n) is 13.7. The predicted molar refractivity (Wildman–Crippen MR) is 80.7 cm³/mol. The van der Waals surface area contributed by atoms with E-state index in [-0.39, 0.29) is 11.9 Å². The van der Waals surface area contributed by atoms with Crippen LogP contribution in [0.2, 0.25) is 0 Å². The molecule has 2 N–H and O–H groups in total. The van der Waals surface area contributed by atoms with Gasteiger partial charge < -0.3 is 9.64 Å². The number of likely N-dealkylation sites (N-methyl/N-ethyl adjacent to an activating group) is 1. The highest BCUT2D eigenvalue weighted by Gasteiger charge is 2.22. The van der Waals surface area contributed by atoms with Crippen LogP contribution in [0, 0.1) is 0 Å². The number of piperidine rings is 1. The highest BCUT2D eigenvalue weighted by molar-refractivity contribution is 5.77. The Hall–Kier alpha value is -1.34. The number of nitrogens with zero attached hydrogens (tertiary/aromatic N) is 2. The molecular weight excluding hydrogens is 272 g/mol. The Morgan fingerprint density at radius 2 is 1.81 bits per heavy atom. The zero-order valence-corrected chi connectivity index (χ0v) is 13.7. The number of carbonyl (C=O) groups is 2. The summed E-state index contributed by atoms with van der Waals surface area (Å²) in [6.45, 7) is 7.62. The molecule has 21 heavy (non-hydrogen) atoms. The van der Waals surface area contributed by atoms with Gasteiger partial charge in [-0.25, -0.2) is 10.2 Å². The van der Waals surface area contributed by atoms with Gasteiger partial charge in [0, 0.05) is 33.2 Å². The lowest BCUT2D eigenvalue weighted by Crippen LogP contribution is -2.51. The molecule has 1 saturated heterocycles. The second kappa shape index (κ2) is 7.61. The average Bonchev–Trinajstić information content (AvgIpc) is 2.35. The van der Waals surface area contributed by atoms with E-state index in [0.717, 1.165) is 25.9 Å². The summed E-state index contributed by atoms with van der Waals surface area (Å²) >= 11 is 0. The number of carbonyl (C=O) groups excluding carboxylic acids is 2. The first-order valence-electron chi connectivity index (χ1n) is 7.34. The van der Waals surface area contributed by atoms with Gasteiger partial charge in [-0.2, -0.15) is 0 Å². The molecule has 7 nitrogen and oxygen atoms in total. The highest BCUT2D eigenvalue weighted by atomic mass is 16.6. The van der Waals surface area contributed by atoms with E-state index in [1.165, 1.54) is 0 Å². The Balaban J connectivity index is 2.22. The van der Waals surface area contributed by atoms with E-state index in [0.29, 0.717) is 6.54 Å². The highest BCUT2D eigenvalue weighted by Crippen LogP contribution is 2.10. The second-order valence-electron chi connectivity index (χ2n) is 6.61. The quantitative estimate of drug-likeness (QED) is 0.743. The molecule has 0 aromatic heterocycles. The Labute approximate surface area is 127 Å². The number of rotatable bonds is 4. The van der Waals surface area contributed by atoms with Gasteiger partial charge in [0.05, 0.1) is 6.54 Å². The average molecular weight is 300 g/mol. The van der Waals surface area contributed by atoms with Crippen LogP contribution in [-0.2, 0) is 9.53 Å². The maximum absolute atomic E-state index is 11.6. The molecule has 2 amide bonds. The maximum Gasteiger partial charge on any atom is 0.422 e. The SMILES string of the molecule is CN(C)C(=O)CN1CCC(NNC(=O)OC(C)(C)C)CC1. The zero-order chi connectivity index (χ0) is 16.0. The second-order valence-corrected chi connectivity index (χ2v) is 6.61. The summed E-state index contributed by atoms with van der Waals surface area (Å²) in [6.07, 6.45) is 1.31. The minimum atomic E-state index is -0.498. The molecule has 0 saturated carbocycles. The fourth-order valence-electron chi connectivity index (χ4n) is 2.03. The molecule has 0 unspecified atom stereocenters. The van der Waals surface area contributed by atoms with Crippen LogP contribution in [0.3, 0.4) is 0 Å². The van der Waals surface area contributed by atoms with Crippen molar-refractivity contribution in [2.75, 3.05) is 33.7 Å². The number of hydrazine groups is 1. The number of amides is 2. The van der Waals surface area contributed by atoms with Gasteiger partial charge in [0.25, 0.3) is 0 Å². The van der Waals surface area contributed by atoms with Crippen molar-refractivity contribution >= 4 is 12.0 Å². The third-order valence-electron chi connectivity index (χ3n) is 3.22. The van der Waals surface area contributed by atoms with Crippen LogP contribution in [0.25, 0.3) is 0 Å². The van der Waals surface area contributed by atoms with E-state index in [4.69, 9.17) is 4.74 Å². The molecule has 1 aliphatic heterocycles. The molecule has 0 aromatic carbocycles. The normalized spacial score (nSPS) is 17.4. The van der Waals surface area contributed by atoms with Gasteiger partial charge in [-0.15, -0.1) is 0 Å². The van der Waals surface area contributed by atoms with E-state index in [1.807, 2.05) is 20.8 Å². The van der Waals surface area contributed by atoms with Gasteiger partial charge in [0.2, 0.25) is 5.91 Å². The summed E-state index contributed by atoms with van der Waals surface area (Å²) in [4.78, 5) is 26.9. The van der Waals surface area contributed by atoms with Gasteiger partial charge >= 0.3 is 6.09 Å². The minimum Gasteiger partial charge on any atom is -0.443 e. The maximum atomic E-state index is 11.6. The monoisotopic (exact) mass is 300 g/mol. The standard InChI is InChI=1S/C14H28N4O3/c1-14(2,3)21-13(20)16-15-11-6-8-18(9-7-11)10-12(19)17(4)5/h11,15H,6-10H2,1-5H3,(H,16,20). The summed E-state index contributed by atoms with van der Waals surface area (Å²) in [5.74, 6) is 0.119. The Morgan fingerprint density at radius 3 is 2.29 bits per heavy atom. The van der Waals surface area contributed by atoms with E-state index in [1.54, 1.807) is 19.0 Å². The van der Waals surface area contributed by atoms with Gasteiger partial charge in [-0.1, -0.05) is 0 Å². The van der Waals surface area contributed by atoms with Crippen LogP contribution in [0.1, 0.15) is 33.6 Å². The lowest BCUT2D eigenvalue weighted by molar-refractivity contribution is -0.130. The first-order valence-corrected chi connectivity index (χ1v) is 7.34. The molecule has 1 heterocycles. The fourth-order valence-corrected chi connectivity index (χ4v) is 2.03. The van der Waals surface area contributed by atoms with Crippen molar-refractivity contribution in [3.05, 3.63) is 0 Å². The van der Waals surface area contributed by atoms with Crippen molar-refractivity contribution in [2.24, 2.45) is 0 Å². The third kappa shape index (κ3) is 7.29. The summed E-state index contributed by atoms with van der Waals surface area (Å²) in [5.41, 5.74) is 5.07. The molecule has 0 bridgehead atoms. The first kappa shape index (κ1) is 17.7. The topological polar surface area (TPSA) is 73.9 Å². The van der Waals surface area contributed by atoms with Crippen molar-refractivity contribution in [1.29, 1.82) is 0 Å². The summed E-state index contributed by atoms with van der Waals surface area (Å²) in [7, 11) is 3.53. The number of hydrogen-bond acceptors (Lipinski definition) is 5. The van der Waals surface area contributed by atoms with E-state index < -0.39 is 11.7 Å². The third-order valence-corrected chi connectivity index (χ3v) is 3.22. The summed E-state index contributed by atoms with van der Waals surface area (Å²) < 4.78 is 5.16. The van der Waals surface area contributed by atoms with Crippen LogP contribution in [0.4, 0.5) is 4.79 Å². The smallest absolute Gasteiger partial charge is 0.422 e. The molecule has 0 spiro atoms. The number of ether oxygens (including phenoxy) is 1.